The van der Waals surface area contributed by atoms with E-state index in [2.05, 4.69) is 114 Å². The number of hydrogen-bond acceptors (Lipinski definition) is 8. The summed E-state index contributed by atoms with van der Waals surface area (Å²) < 4.78 is 3.88. The van der Waals surface area contributed by atoms with Gasteiger partial charge < -0.3 is 0 Å². The number of aryl methyl sites for hydroxylation is 4. The van der Waals surface area contributed by atoms with E-state index in [9.17, 15) is 0 Å². The second-order valence-corrected chi connectivity index (χ2v) is 12.8. The van der Waals surface area contributed by atoms with Crippen LogP contribution in [-0.4, -0.2) is 76.4 Å². The predicted octanol–water partition coefficient (Wildman–Crippen LogP) is 5.95. The van der Waals surface area contributed by atoms with Gasteiger partial charge in [0.15, 0.2) is 11.6 Å². The van der Waals surface area contributed by atoms with Crippen LogP contribution in [0.3, 0.4) is 0 Å². The summed E-state index contributed by atoms with van der Waals surface area (Å²) in [5.41, 5.74) is 4.69. The molecule has 0 unspecified atom stereocenters. The van der Waals surface area contributed by atoms with E-state index in [-0.39, 0.29) is 12.1 Å². The lowest BCUT2D eigenvalue weighted by Crippen LogP contribution is -2.50. The maximum absolute atomic E-state index is 6.32. The molecule has 1 fully saturated rings. The lowest BCUT2D eigenvalue weighted by Gasteiger charge is -2.41. The van der Waals surface area contributed by atoms with Crippen molar-refractivity contribution in [3.05, 3.63) is 153 Å². The number of benzene rings is 4. The van der Waals surface area contributed by atoms with Crippen molar-refractivity contribution in [2.24, 2.45) is 0 Å². The zero-order valence-corrected chi connectivity index (χ0v) is 27.9. The Morgan fingerprint density at radius 3 is 1.25 bits per heavy atom. The molecule has 0 radical (unpaired) electrons. The molecule has 6 aromatic rings. The van der Waals surface area contributed by atoms with Crippen LogP contribution in [0.2, 0.25) is 10.0 Å². The van der Waals surface area contributed by atoms with E-state index in [0.29, 0.717) is 23.1 Å². The lowest BCUT2D eigenvalue weighted by molar-refractivity contribution is 0.0822. The third kappa shape index (κ3) is 7.47. The first-order valence-corrected chi connectivity index (χ1v) is 17.0. The Bertz CT molecular complexity index is 1730. The average molecular weight is 680 g/mol. The molecule has 1 aliphatic heterocycles. The summed E-state index contributed by atoms with van der Waals surface area (Å²) in [5, 5.41) is 27.7. The molecule has 10 nitrogen and oxygen atoms in total. The Hall–Kier alpha value is -4.48. The monoisotopic (exact) mass is 678 g/mol. The molecular weight excluding hydrogens is 643 g/mol. The van der Waals surface area contributed by atoms with Crippen molar-refractivity contribution in [3.8, 4) is 0 Å². The van der Waals surface area contributed by atoms with Crippen molar-refractivity contribution in [1.29, 1.82) is 0 Å². The molecule has 3 heterocycles. The fourth-order valence-electron chi connectivity index (χ4n) is 6.48. The molecule has 0 aliphatic carbocycles. The van der Waals surface area contributed by atoms with E-state index in [1.165, 1.54) is 11.1 Å². The van der Waals surface area contributed by atoms with Gasteiger partial charge in [-0.15, -0.1) is 10.2 Å². The minimum atomic E-state index is -0.139. The zero-order valence-electron chi connectivity index (χ0n) is 26.4. The molecule has 0 N–H and O–H groups in total. The van der Waals surface area contributed by atoms with Crippen LogP contribution in [0.5, 0.6) is 0 Å². The lowest BCUT2D eigenvalue weighted by atomic mass is 10.0. The Kier molecular flexibility index (Phi) is 10.1. The smallest absolute Gasteiger partial charge is 0.173 e. The largest absolute Gasteiger partial charge is 0.287 e. The van der Waals surface area contributed by atoms with Crippen LogP contribution in [0.4, 0.5) is 0 Å². The third-order valence-electron chi connectivity index (χ3n) is 8.97. The van der Waals surface area contributed by atoms with Gasteiger partial charge in [-0.05, 0) is 80.2 Å². The van der Waals surface area contributed by atoms with E-state index in [4.69, 9.17) is 23.2 Å². The Morgan fingerprint density at radius 2 is 0.875 bits per heavy atom. The number of halogens is 2. The maximum atomic E-state index is 6.32. The molecule has 0 amide bonds. The number of hydrogen-bond donors (Lipinski definition) is 0. The van der Waals surface area contributed by atoms with E-state index >= 15 is 0 Å². The number of piperazine rings is 1. The average Bonchev–Trinajstić information content (AvgIpc) is 3.80. The minimum Gasteiger partial charge on any atom is -0.287 e. The van der Waals surface area contributed by atoms with Gasteiger partial charge in [0, 0.05) is 49.3 Å². The van der Waals surface area contributed by atoms with Gasteiger partial charge in [-0.3, -0.25) is 9.80 Å². The molecular formula is C36H36Cl2N10. The van der Waals surface area contributed by atoms with Gasteiger partial charge in [0.1, 0.15) is 0 Å². The van der Waals surface area contributed by atoms with Crippen LogP contribution in [0, 0.1) is 0 Å². The quantitative estimate of drug-likeness (QED) is 0.157. The molecule has 48 heavy (non-hydrogen) atoms. The summed E-state index contributed by atoms with van der Waals surface area (Å²) in [7, 11) is 0. The number of tetrazole rings is 2. The van der Waals surface area contributed by atoms with Gasteiger partial charge in [-0.1, -0.05) is 108 Å². The SMILES string of the molecule is Clc1ccc([C@H](c2nnnn2CCc2ccccc2)N2CCN([C@H](c3ccc(Cl)cc3)c3nnnn3CCc3ccccc3)CC2)cc1. The number of nitrogens with zero attached hydrogens (tertiary/aromatic N) is 10. The van der Waals surface area contributed by atoms with Crippen LogP contribution < -0.4 is 0 Å². The molecule has 244 valence electrons. The molecule has 12 heteroatoms. The summed E-state index contributed by atoms with van der Waals surface area (Å²) >= 11 is 12.6. The van der Waals surface area contributed by atoms with Crippen molar-refractivity contribution in [1.82, 2.24) is 50.2 Å². The summed E-state index contributed by atoms with van der Waals surface area (Å²) in [6.07, 6.45) is 1.67. The summed E-state index contributed by atoms with van der Waals surface area (Å²) in [6.45, 7) is 4.51. The molecule has 0 bridgehead atoms. The fourth-order valence-corrected chi connectivity index (χ4v) is 6.73. The summed E-state index contributed by atoms with van der Waals surface area (Å²) in [5.74, 6) is 1.64. The van der Waals surface area contributed by atoms with Crippen molar-refractivity contribution in [2.45, 2.75) is 38.0 Å². The first-order chi connectivity index (χ1) is 23.6. The molecule has 0 saturated carbocycles. The van der Waals surface area contributed by atoms with Gasteiger partial charge in [-0.25, -0.2) is 9.36 Å². The van der Waals surface area contributed by atoms with Gasteiger partial charge in [-0.2, -0.15) is 0 Å². The van der Waals surface area contributed by atoms with Crippen LogP contribution in [0.15, 0.2) is 109 Å². The van der Waals surface area contributed by atoms with Gasteiger partial charge in [0.2, 0.25) is 0 Å². The van der Waals surface area contributed by atoms with Crippen LogP contribution in [0.25, 0.3) is 0 Å². The van der Waals surface area contributed by atoms with Crippen molar-refractivity contribution < 1.29 is 0 Å². The summed E-state index contributed by atoms with van der Waals surface area (Å²) in [4.78, 5) is 4.92. The van der Waals surface area contributed by atoms with Crippen LogP contribution in [-0.2, 0) is 25.9 Å². The normalized spacial score (nSPS) is 15.4. The van der Waals surface area contributed by atoms with Crippen LogP contribution in [0.1, 0.15) is 46.0 Å². The fraction of sp³-hybridized carbons (Fsp3) is 0.278. The van der Waals surface area contributed by atoms with Gasteiger partial charge in [0.05, 0.1) is 12.1 Å². The zero-order chi connectivity index (χ0) is 32.7. The molecule has 1 aliphatic rings. The molecule has 0 spiro atoms. The molecule has 2 atom stereocenters. The topological polar surface area (TPSA) is 93.7 Å². The highest BCUT2D eigenvalue weighted by Gasteiger charge is 2.35. The Balaban J connectivity index is 1.14. The second-order valence-electron chi connectivity index (χ2n) is 12.0. The highest BCUT2D eigenvalue weighted by atomic mass is 35.5. The minimum absolute atomic E-state index is 0.139. The second kappa shape index (κ2) is 15.2. The van der Waals surface area contributed by atoms with Crippen molar-refractivity contribution >= 4 is 23.2 Å². The highest BCUT2D eigenvalue weighted by molar-refractivity contribution is 6.30. The van der Waals surface area contributed by atoms with Crippen molar-refractivity contribution in [3.63, 3.8) is 0 Å². The van der Waals surface area contributed by atoms with Crippen LogP contribution >= 0.6 is 23.2 Å². The Labute approximate surface area is 289 Å². The maximum Gasteiger partial charge on any atom is 0.173 e. The Morgan fingerprint density at radius 1 is 0.500 bits per heavy atom. The molecule has 4 aromatic carbocycles. The standard InChI is InChI=1S/C36H36Cl2N10/c37-31-15-11-29(12-16-31)33(35-39-41-43-47(35)21-19-27-7-3-1-4-8-27)45-23-25-46(26-24-45)34(30-13-17-32(38)18-14-30)36-40-42-44-48(36)22-20-28-9-5-2-6-10-28/h1-18,33-34H,19-26H2/t33-,34-/m1/s1. The summed E-state index contributed by atoms with van der Waals surface area (Å²) in [6, 6.07) is 36.6. The first-order valence-electron chi connectivity index (χ1n) is 16.2. The van der Waals surface area contributed by atoms with E-state index in [1.54, 1.807) is 0 Å². The first kappa shape index (κ1) is 32.1. The van der Waals surface area contributed by atoms with E-state index in [0.717, 1.165) is 61.8 Å². The third-order valence-corrected chi connectivity index (χ3v) is 9.47. The van der Waals surface area contributed by atoms with Gasteiger partial charge in [0.25, 0.3) is 0 Å². The van der Waals surface area contributed by atoms with E-state index < -0.39 is 0 Å². The number of rotatable bonds is 12. The number of aromatic nitrogens is 8. The highest BCUT2D eigenvalue weighted by Crippen LogP contribution is 2.33. The molecule has 1 saturated heterocycles. The van der Waals surface area contributed by atoms with Gasteiger partial charge >= 0.3 is 0 Å². The molecule has 7 rings (SSSR count). The van der Waals surface area contributed by atoms with E-state index in [1.807, 2.05) is 45.8 Å². The van der Waals surface area contributed by atoms with Crippen molar-refractivity contribution in [2.75, 3.05) is 26.2 Å². The predicted molar refractivity (Wildman–Crippen MR) is 186 cm³/mol. The molecule has 2 aromatic heterocycles.